The maximum absolute atomic E-state index is 13.6. The topological polar surface area (TPSA) is 63.7 Å². The van der Waals surface area contributed by atoms with Crippen molar-refractivity contribution >= 4 is 17.2 Å². The number of hydrogen-bond donors (Lipinski definition) is 1. The number of carbonyl (C=O) groups is 1. The molecule has 0 fully saturated rings. The van der Waals surface area contributed by atoms with Gasteiger partial charge in [-0.2, -0.15) is 0 Å². The molecule has 1 N–H and O–H groups in total. The van der Waals surface area contributed by atoms with Crippen LogP contribution < -0.4 is 14.8 Å². The summed E-state index contributed by atoms with van der Waals surface area (Å²) in [5, 5.41) is 5.32. The van der Waals surface area contributed by atoms with Gasteiger partial charge in [-0.1, -0.05) is 12.1 Å². The third kappa shape index (κ3) is 4.95. The Kier molecular flexibility index (Phi) is 7.02. The Morgan fingerprint density at radius 2 is 1.93 bits per heavy atom. The SMILES string of the molecule is COc1ccc(-c2nc(C(=O)NCC(c3cccc(F)c3)N(C)C)cs2)cc1OC. The molecule has 0 bridgehead atoms. The lowest BCUT2D eigenvalue weighted by molar-refractivity contribution is 0.0937. The van der Waals surface area contributed by atoms with Gasteiger partial charge in [0.2, 0.25) is 0 Å². The number of aromatic nitrogens is 1. The number of amides is 1. The molecule has 6 nitrogen and oxygen atoms in total. The van der Waals surface area contributed by atoms with Gasteiger partial charge < -0.3 is 19.7 Å². The van der Waals surface area contributed by atoms with Crippen LogP contribution in [0, 0.1) is 5.82 Å². The number of thiazole rings is 1. The van der Waals surface area contributed by atoms with Crippen molar-refractivity contribution in [1.82, 2.24) is 15.2 Å². The van der Waals surface area contributed by atoms with Crippen LogP contribution in [-0.4, -0.2) is 50.7 Å². The first-order valence-corrected chi connectivity index (χ1v) is 10.2. The second-order valence-corrected chi connectivity index (χ2v) is 7.71. The van der Waals surface area contributed by atoms with Crippen molar-refractivity contribution in [3.05, 3.63) is 64.9 Å². The zero-order valence-corrected chi connectivity index (χ0v) is 18.1. The van der Waals surface area contributed by atoms with Crippen molar-refractivity contribution in [1.29, 1.82) is 0 Å². The van der Waals surface area contributed by atoms with E-state index in [0.29, 0.717) is 28.7 Å². The van der Waals surface area contributed by atoms with Gasteiger partial charge in [0.15, 0.2) is 11.5 Å². The molecule has 0 radical (unpaired) electrons. The average Bonchev–Trinajstić information content (AvgIpc) is 3.23. The molecule has 3 aromatic rings. The minimum absolute atomic E-state index is 0.159. The van der Waals surface area contributed by atoms with Gasteiger partial charge >= 0.3 is 0 Å². The molecular formula is C22H24FN3O3S. The van der Waals surface area contributed by atoms with E-state index in [9.17, 15) is 9.18 Å². The number of ether oxygens (including phenoxy) is 2. The predicted octanol–water partition coefficient (Wildman–Crippen LogP) is 4.00. The van der Waals surface area contributed by atoms with E-state index in [4.69, 9.17) is 9.47 Å². The lowest BCUT2D eigenvalue weighted by atomic mass is 10.1. The molecule has 1 unspecified atom stereocenters. The van der Waals surface area contributed by atoms with Crippen molar-refractivity contribution in [3.63, 3.8) is 0 Å². The van der Waals surface area contributed by atoms with E-state index in [1.165, 1.54) is 23.5 Å². The highest BCUT2D eigenvalue weighted by molar-refractivity contribution is 7.13. The highest BCUT2D eigenvalue weighted by Gasteiger charge is 2.18. The van der Waals surface area contributed by atoms with Crippen molar-refractivity contribution in [2.75, 3.05) is 34.9 Å². The largest absolute Gasteiger partial charge is 0.493 e. The van der Waals surface area contributed by atoms with Gasteiger partial charge in [0, 0.05) is 17.5 Å². The zero-order chi connectivity index (χ0) is 21.7. The van der Waals surface area contributed by atoms with E-state index in [1.807, 2.05) is 37.2 Å². The predicted molar refractivity (Wildman–Crippen MR) is 116 cm³/mol. The number of hydrogen-bond acceptors (Lipinski definition) is 6. The number of carbonyl (C=O) groups excluding carboxylic acids is 1. The minimum Gasteiger partial charge on any atom is -0.493 e. The third-order valence-corrected chi connectivity index (χ3v) is 5.57. The van der Waals surface area contributed by atoms with Crippen molar-refractivity contribution < 1.29 is 18.7 Å². The van der Waals surface area contributed by atoms with Crippen molar-refractivity contribution in [2.45, 2.75) is 6.04 Å². The first-order chi connectivity index (χ1) is 14.4. The van der Waals surface area contributed by atoms with Crippen LogP contribution >= 0.6 is 11.3 Å². The first-order valence-electron chi connectivity index (χ1n) is 9.31. The smallest absolute Gasteiger partial charge is 0.270 e. The van der Waals surface area contributed by atoms with E-state index in [2.05, 4.69) is 10.3 Å². The Bertz CT molecular complexity index is 1020. The molecule has 1 aromatic heterocycles. The Morgan fingerprint density at radius 3 is 2.60 bits per heavy atom. The van der Waals surface area contributed by atoms with Crippen LogP contribution in [0.2, 0.25) is 0 Å². The fourth-order valence-corrected chi connectivity index (χ4v) is 3.87. The molecule has 30 heavy (non-hydrogen) atoms. The molecular weight excluding hydrogens is 405 g/mol. The molecule has 0 saturated heterocycles. The summed E-state index contributed by atoms with van der Waals surface area (Å²) in [7, 11) is 6.93. The second-order valence-electron chi connectivity index (χ2n) is 6.85. The highest BCUT2D eigenvalue weighted by Crippen LogP contribution is 2.33. The normalized spacial score (nSPS) is 11.9. The fourth-order valence-electron chi connectivity index (χ4n) is 3.07. The highest BCUT2D eigenvalue weighted by atomic mass is 32.1. The van der Waals surface area contributed by atoms with Crippen LogP contribution in [0.15, 0.2) is 47.8 Å². The van der Waals surface area contributed by atoms with Crippen molar-refractivity contribution in [2.24, 2.45) is 0 Å². The van der Waals surface area contributed by atoms with Gasteiger partial charge in [0.1, 0.15) is 16.5 Å². The number of methoxy groups -OCH3 is 2. The Morgan fingerprint density at radius 1 is 1.17 bits per heavy atom. The number of benzene rings is 2. The Hall–Kier alpha value is -2.97. The van der Waals surface area contributed by atoms with Crippen LogP contribution in [0.1, 0.15) is 22.1 Å². The molecule has 1 amide bonds. The lowest BCUT2D eigenvalue weighted by Crippen LogP contribution is -2.34. The van der Waals surface area contributed by atoms with Gasteiger partial charge in [-0.3, -0.25) is 4.79 Å². The van der Waals surface area contributed by atoms with Gasteiger partial charge in [-0.15, -0.1) is 11.3 Å². The van der Waals surface area contributed by atoms with E-state index in [-0.39, 0.29) is 17.8 Å². The molecule has 158 valence electrons. The fraction of sp³-hybridized carbons (Fsp3) is 0.273. The molecule has 0 spiro atoms. The van der Waals surface area contributed by atoms with Gasteiger partial charge in [-0.05, 0) is 50.0 Å². The zero-order valence-electron chi connectivity index (χ0n) is 17.3. The summed E-state index contributed by atoms with van der Waals surface area (Å²) >= 11 is 1.37. The number of nitrogens with one attached hydrogen (secondary N) is 1. The summed E-state index contributed by atoms with van der Waals surface area (Å²) in [6, 6.07) is 11.7. The number of nitrogens with zero attached hydrogens (tertiary/aromatic N) is 2. The lowest BCUT2D eigenvalue weighted by Gasteiger charge is -2.25. The first kappa shape index (κ1) is 21.7. The molecule has 3 rings (SSSR count). The van der Waals surface area contributed by atoms with Crippen LogP contribution in [-0.2, 0) is 0 Å². The van der Waals surface area contributed by atoms with Crippen LogP contribution in [0.5, 0.6) is 11.5 Å². The summed E-state index contributed by atoms with van der Waals surface area (Å²) in [5.41, 5.74) is 1.97. The van der Waals surface area contributed by atoms with Gasteiger partial charge in [0.25, 0.3) is 5.91 Å². The third-order valence-electron chi connectivity index (χ3n) is 4.68. The monoisotopic (exact) mass is 429 g/mol. The molecule has 0 aliphatic carbocycles. The van der Waals surface area contributed by atoms with E-state index in [1.54, 1.807) is 31.7 Å². The van der Waals surface area contributed by atoms with Crippen molar-refractivity contribution in [3.8, 4) is 22.1 Å². The van der Waals surface area contributed by atoms with Crippen LogP contribution in [0.4, 0.5) is 4.39 Å². The summed E-state index contributed by atoms with van der Waals surface area (Å²) < 4.78 is 24.2. The molecule has 0 aliphatic rings. The molecule has 1 heterocycles. The Labute approximate surface area is 179 Å². The van der Waals surface area contributed by atoms with Crippen LogP contribution in [0.25, 0.3) is 10.6 Å². The number of rotatable bonds is 8. The summed E-state index contributed by atoms with van der Waals surface area (Å²) in [6.07, 6.45) is 0. The van der Waals surface area contributed by atoms with E-state index in [0.717, 1.165) is 11.1 Å². The minimum atomic E-state index is -0.301. The molecule has 0 aliphatic heterocycles. The average molecular weight is 430 g/mol. The summed E-state index contributed by atoms with van der Waals surface area (Å²) in [5.74, 6) is 0.647. The molecule has 1 atom stereocenters. The standard InChI is InChI=1S/C22H24FN3O3S/c1-26(2)18(14-6-5-7-16(23)10-14)12-24-21(27)17-13-30-22(25-17)15-8-9-19(28-3)20(11-15)29-4/h5-11,13,18H,12H2,1-4H3,(H,24,27). The summed E-state index contributed by atoms with van der Waals surface area (Å²) in [4.78, 5) is 19.0. The summed E-state index contributed by atoms with van der Waals surface area (Å²) in [6.45, 7) is 0.332. The quantitative estimate of drug-likeness (QED) is 0.586. The Balaban J connectivity index is 1.72. The molecule has 2 aromatic carbocycles. The second kappa shape index (κ2) is 9.69. The molecule has 8 heteroatoms. The van der Waals surface area contributed by atoms with E-state index >= 15 is 0 Å². The molecule has 0 saturated carbocycles. The maximum Gasteiger partial charge on any atom is 0.270 e. The number of likely N-dealkylation sites (N-methyl/N-ethyl adjacent to an activating group) is 1. The number of halogens is 1. The van der Waals surface area contributed by atoms with Gasteiger partial charge in [0.05, 0.1) is 20.3 Å². The maximum atomic E-state index is 13.6. The van der Waals surface area contributed by atoms with Crippen LogP contribution in [0.3, 0.4) is 0 Å². The van der Waals surface area contributed by atoms with Gasteiger partial charge in [-0.25, -0.2) is 9.37 Å². The van der Waals surface area contributed by atoms with E-state index < -0.39 is 0 Å².